The van der Waals surface area contributed by atoms with Gasteiger partial charge in [-0.25, -0.2) is 9.59 Å². The van der Waals surface area contributed by atoms with Crippen molar-refractivity contribution in [2.24, 2.45) is 0 Å². The molecule has 0 aliphatic carbocycles. The molecule has 0 saturated carbocycles. The minimum absolute atomic E-state index is 0.0210. The highest BCUT2D eigenvalue weighted by atomic mass is 32.1. The van der Waals surface area contributed by atoms with E-state index in [1.54, 1.807) is 52.0 Å². The Labute approximate surface area is 158 Å². The molecule has 1 aromatic rings. The van der Waals surface area contributed by atoms with E-state index in [4.69, 9.17) is 14.9 Å². The van der Waals surface area contributed by atoms with Crippen LogP contribution < -0.4 is 15.4 Å². The minimum atomic E-state index is -0.658. The molecule has 9 heteroatoms. The van der Waals surface area contributed by atoms with Gasteiger partial charge in [0.25, 0.3) is 0 Å². The van der Waals surface area contributed by atoms with Gasteiger partial charge in [-0.2, -0.15) is 0 Å². The number of carbonyl (C=O) groups is 2. The second-order valence-corrected chi connectivity index (χ2v) is 6.32. The van der Waals surface area contributed by atoms with Crippen molar-refractivity contribution in [1.29, 1.82) is 5.41 Å². The van der Waals surface area contributed by atoms with E-state index in [0.717, 1.165) is 6.21 Å². The first-order valence-corrected chi connectivity index (χ1v) is 8.34. The fraction of sp³-hybridized carbons (Fsp3) is 0.353. The first-order valence-electron chi connectivity index (χ1n) is 7.89. The summed E-state index contributed by atoms with van der Waals surface area (Å²) in [5.74, 6) is -0.481. The minimum Gasteiger partial charge on any atom is -0.462 e. The van der Waals surface area contributed by atoms with Gasteiger partial charge in [0.1, 0.15) is 17.0 Å². The van der Waals surface area contributed by atoms with Gasteiger partial charge in [0.05, 0.1) is 6.61 Å². The summed E-state index contributed by atoms with van der Waals surface area (Å²) in [6.07, 6.45) is 0.288. The van der Waals surface area contributed by atoms with Gasteiger partial charge in [0.15, 0.2) is 0 Å². The third kappa shape index (κ3) is 7.06. The second-order valence-electron chi connectivity index (χ2n) is 6.10. The summed E-state index contributed by atoms with van der Waals surface area (Å²) in [6.45, 7) is 7.18. The summed E-state index contributed by atoms with van der Waals surface area (Å²) in [7, 11) is 0. The molecule has 0 unspecified atom stereocenters. The number of esters is 1. The number of hydrogen-bond acceptors (Lipinski definition) is 8. The zero-order chi connectivity index (χ0) is 19.7. The van der Waals surface area contributed by atoms with E-state index in [1.807, 2.05) is 0 Å². The van der Waals surface area contributed by atoms with Gasteiger partial charge in [0, 0.05) is 17.6 Å². The van der Waals surface area contributed by atoms with E-state index in [9.17, 15) is 9.59 Å². The van der Waals surface area contributed by atoms with E-state index < -0.39 is 17.7 Å². The molecule has 1 aromatic carbocycles. The molecule has 0 bridgehead atoms. The average Bonchev–Trinajstić information content (AvgIpc) is 2.53. The van der Waals surface area contributed by atoms with Crippen LogP contribution >= 0.6 is 12.8 Å². The van der Waals surface area contributed by atoms with Gasteiger partial charge in [-0.05, 0) is 45.9 Å². The van der Waals surface area contributed by atoms with Crippen molar-refractivity contribution < 1.29 is 19.1 Å². The SMILES string of the molecule is CCOC(=O)/C(C=N)=C(/NS)Nc1cccc(NC(=O)OC(C)(C)C)c1. The largest absolute Gasteiger partial charge is 0.462 e. The third-order valence-corrected chi connectivity index (χ3v) is 3.02. The zero-order valence-electron chi connectivity index (χ0n) is 15.2. The average molecular weight is 380 g/mol. The number of carbonyl (C=O) groups excluding carboxylic acids is 2. The third-order valence-electron chi connectivity index (χ3n) is 2.80. The lowest BCUT2D eigenvalue weighted by atomic mass is 10.2. The van der Waals surface area contributed by atoms with Crippen LogP contribution in [0.4, 0.5) is 16.2 Å². The standard InChI is InChI=1S/C17H24N4O4S/c1-5-24-15(22)13(10-18)14(21-26)19-11-7-6-8-12(9-11)20-16(23)25-17(2,3)4/h6-10,18-19,21,26H,5H2,1-4H3,(H,20,23)/b14-13+,18-10?. The Morgan fingerprint density at radius 3 is 2.35 bits per heavy atom. The topological polar surface area (TPSA) is 113 Å². The first kappa shape index (κ1) is 21.4. The molecule has 0 spiro atoms. The molecule has 0 aliphatic heterocycles. The number of rotatable bonds is 7. The van der Waals surface area contributed by atoms with Gasteiger partial charge in [-0.3, -0.25) is 5.32 Å². The molecule has 0 heterocycles. The molecule has 4 N–H and O–H groups in total. The van der Waals surface area contributed by atoms with Crippen LogP contribution in [0.25, 0.3) is 0 Å². The first-order chi connectivity index (χ1) is 12.2. The summed E-state index contributed by atoms with van der Waals surface area (Å²) in [5.41, 5.74) is 0.422. The number of hydrogen-bond donors (Lipinski definition) is 5. The maximum absolute atomic E-state index is 11.9. The normalized spacial score (nSPS) is 11.7. The van der Waals surface area contributed by atoms with Crippen molar-refractivity contribution in [3.05, 3.63) is 35.7 Å². The summed E-state index contributed by atoms with van der Waals surface area (Å²) in [6, 6.07) is 6.76. The lowest BCUT2D eigenvalue weighted by molar-refractivity contribution is -0.137. The highest BCUT2D eigenvalue weighted by molar-refractivity contribution is 7.78. The number of ether oxygens (including phenoxy) is 2. The van der Waals surface area contributed by atoms with Crippen molar-refractivity contribution in [2.45, 2.75) is 33.3 Å². The van der Waals surface area contributed by atoms with Gasteiger partial charge >= 0.3 is 12.1 Å². The maximum atomic E-state index is 11.9. The fourth-order valence-corrected chi connectivity index (χ4v) is 2.01. The van der Waals surface area contributed by atoms with Crippen LogP contribution in [0.1, 0.15) is 27.7 Å². The Morgan fingerprint density at radius 2 is 1.85 bits per heavy atom. The summed E-state index contributed by atoms with van der Waals surface area (Å²) >= 11 is 3.96. The van der Waals surface area contributed by atoms with E-state index >= 15 is 0 Å². The van der Waals surface area contributed by atoms with E-state index in [0.29, 0.717) is 11.4 Å². The predicted octanol–water partition coefficient (Wildman–Crippen LogP) is 3.30. The van der Waals surface area contributed by atoms with Crippen LogP contribution in [0.3, 0.4) is 0 Å². The molecule has 0 atom stereocenters. The number of amides is 1. The summed E-state index contributed by atoms with van der Waals surface area (Å²) < 4.78 is 12.6. The Bertz CT molecular complexity index is 698. The quantitative estimate of drug-likeness (QED) is 0.215. The van der Waals surface area contributed by atoms with Crippen molar-refractivity contribution in [1.82, 2.24) is 4.72 Å². The molecule has 0 aromatic heterocycles. The van der Waals surface area contributed by atoms with Crippen LogP contribution in [0.5, 0.6) is 0 Å². The molecule has 8 nitrogen and oxygen atoms in total. The number of thiol groups is 1. The molecule has 0 aliphatic rings. The maximum Gasteiger partial charge on any atom is 0.412 e. The second kappa shape index (κ2) is 9.71. The molecular weight excluding hydrogens is 356 g/mol. The van der Waals surface area contributed by atoms with Crippen LogP contribution in [0, 0.1) is 5.41 Å². The van der Waals surface area contributed by atoms with Gasteiger partial charge in [-0.15, -0.1) is 0 Å². The Balaban J connectivity index is 2.97. The predicted molar refractivity (Wildman–Crippen MR) is 104 cm³/mol. The van der Waals surface area contributed by atoms with E-state index in [1.165, 1.54) is 0 Å². The highest BCUT2D eigenvalue weighted by Gasteiger charge is 2.17. The Morgan fingerprint density at radius 1 is 1.23 bits per heavy atom. The Hall–Kier alpha value is -2.68. The van der Waals surface area contributed by atoms with Crippen molar-refractivity contribution in [2.75, 3.05) is 17.2 Å². The van der Waals surface area contributed by atoms with Crippen LogP contribution in [-0.4, -0.2) is 30.5 Å². The van der Waals surface area contributed by atoms with Crippen LogP contribution in [0.15, 0.2) is 35.7 Å². The number of anilines is 2. The molecular formula is C17H24N4O4S. The van der Waals surface area contributed by atoms with Crippen molar-refractivity contribution in [3.63, 3.8) is 0 Å². The zero-order valence-corrected chi connectivity index (χ0v) is 16.1. The molecule has 1 amide bonds. The molecule has 26 heavy (non-hydrogen) atoms. The lowest BCUT2D eigenvalue weighted by Crippen LogP contribution is -2.27. The molecule has 0 saturated heterocycles. The van der Waals surface area contributed by atoms with Gasteiger partial charge in [0.2, 0.25) is 0 Å². The Kier molecular flexibility index (Phi) is 7.98. The van der Waals surface area contributed by atoms with Crippen molar-refractivity contribution >= 4 is 42.5 Å². The van der Waals surface area contributed by atoms with Crippen LogP contribution in [0.2, 0.25) is 0 Å². The smallest absolute Gasteiger partial charge is 0.412 e. The van der Waals surface area contributed by atoms with E-state index in [2.05, 4.69) is 28.2 Å². The summed E-state index contributed by atoms with van der Waals surface area (Å²) in [5, 5.41) is 13.0. The lowest BCUT2D eigenvalue weighted by Gasteiger charge is -2.20. The van der Waals surface area contributed by atoms with Gasteiger partial charge in [-0.1, -0.05) is 18.9 Å². The molecule has 0 radical (unpaired) electrons. The molecule has 142 valence electrons. The fourth-order valence-electron chi connectivity index (χ4n) is 1.84. The molecule has 1 rings (SSSR count). The van der Waals surface area contributed by atoms with Crippen LogP contribution in [-0.2, 0) is 14.3 Å². The number of benzene rings is 1. The number of nitrogens with one attached hydrogen (secondary N) is 4. The van der Waals surface area contributed by atoms with Crippen molar-refractivity contribution in [3.8, 4) is 0 Å². The summed E-state index contributed by atoms with van der Waals surface area (Å²) in [4.78, 5) is 23.7. The monoisotopic (exact) mass is 380 g/mol. The highest BCUT2D eigenvalue weighted by Crippen LogP contribution is 2.19. The molecule has 0 fully saturated rings. The van der Waals surface area contributed by atoms with Gasteiger partial charge < -0.3 is 24.9 Å². The van der Waals surface area contributed by atoms with E-state index in [-0.39, 0.29) is 18.0 Å².